The third-order valence-corrected chi connectivity index (χ3v) is 6.83. The second kappa shape index (κ2) is 9.58. The number of nitrogens with zero attached hydrogens (tertiary/aromatic N) is 1. The van der Waals surface area contributed by atoms with Crippen LogP contribution in [-0.4, -0.2) is 24.4 Å². The Kier molecular flexibility index (Phi) is 7.39. The van der Waals surface area contributed by atoms with Gasteiger partial charge in [-0.15, -0.1) is 0 Å². The van der Waals surface area contributed by atoms with E-state index in [9.17, 15) is 18.0 Å². The molecular formula is C22H20ClF3NO4PS. The number of hydrogen-bond donors (Lipinski definition) is 0. The normalized spacial score (nSPS) is 13.6. The lowest BCUT2D eigenvalue weighted by molar-refractivity contribution is -0.153. The van der Waals surface area contributed by atoms with Crippen LogP contribution in [0.3, 0.4) is 0 Å². The van der Waals surface area contributed by atoms with E-state index in [1.807, 2.05) is 6.92 Å². The van der Waals surface area contributed by atoms with Gasteiger partial charge in [0.1, 0.15) is 17.0 Å². The van der Waals surface area contributed by atoms with E-state index in [4.69, 9.17) is 36.9 Å². The molecule has 2 aromatic heterocycles. The molecule has 1 aromatic carbocycles. The minimum absolute atomic E-state index is 0.0370. The van der Waals surface area contributed by atoms with E-state index >= 15 is 0 Å². The molecule has 0 radical (unpaired) electrons. The molecule has 0 fully saturated rings. The number of alkyl halides is 3. The SMILES string of the molecule is Cc1ccc(Cl)c(-c2c(OP(C)(=S)OCC(F)(F)F)c(C)c(-c3ccccn3)oc2=O)c1C. The van der Waals surface area contributed by atoms with Crippen LogP contribution >= 0.6 is 18.1 Å². The van der Waals surface area contributed by atoms with Crippen molar-refractivity contribution < 1.29 is 26.6 Å². The van der Waals surface area contributed by atoms with E-state index in [2.05, 4.69) is 4.98 Å². The second-order valence-corrected chi connectivity index (χ2v) is 11.8. The van der Waals surface area contributed by atoms with Crippen LogP contribution in [0.25, 0.3) is 22.6 Å². The summed E-state index contributed by atoms with van der Waals surface area (Å²) in [6.45, 7) is 1.40. The van der Waals surface area contributed by atoms with Crippen LogP contribution in [0, 0.1) is 20.8 Å². The molecule has 0 saturated carbocycles. The molecule has 0 aliphatic carbocycles. The van der Waals surface area contributed by atoms with Crippen LogP contribution in [0.5, 0.6) is 5.75 Å². The van der Waals surface area contributed by atoms with Gasteiger partial charge in [0.15, 0.2) is 12.4 Å². The molecule has 0 saturated heterocycles. The van der Waals surface area contributed by atoms with Gasteiger partial charge in [-0.1, -0.05) is 23.7 Å². The standard InChI is InChI=1S/C22H20ClF3NO4PS/c1-12-8-9-15(23)17(13(12)2)18-20(31-32(4,33)29-11-22(24,25)26)14(3)19(30-21(18)28)16-7-5-6-10-27-16/h5-10H,11H2,1-4H3. The highest BCUT2D eigenvalue weighted by Crippen LogP contribution is 2.51. The minimum atomic E-state index is -4.59. The van der Waals surface area contributed by atoms with Crippen molar-refractivity contribution in [1.82, 2.24) is 4.98 Å². The maximum Gasteiger partial charge on any atom is 0.412 e. The first-order chi connectivity index (χ1) is 15.3. The average Bonchev–Trinajstić information content (AvgIpc) is 2.74. The molecule has 0 amide bonds. The molecule has 11 heteroatoms. The van der Waals surface area contributed by atoms with Crippen LogP contribution in [0.2, 0.25) is 5.02 Å². The Bertz CT molecular complexity index is 1300. The molecule has 33 heavy (non-hydrogen) atoms. The van der Waals surface area contributed by atoms with Crippen molar-refractivity contribution >= 4 is 29.9 Å². The molecular weight excluding hydrogens is 498 g/mol. The fraction of sp³-hybridized carbons (Fsp3) is 0.273. The monoisotopic (exact) mass is 517 g/mol. The summed E-state index contributed by atoms with van der Waals surface area (Å²) >= 11 is 11.7. The molecule has 0 aliphatic heterocycles. The van der Waals surface area contributed by atoms with E-state index in [1.165, 1.54) is 12.9 Å². The minimum Gasteiger partial charge on any atom is -0.442 e. The summed E-state index contributed by atoms with van der Waals surface area (Å²) in [6, 6.07) is 8.42. The Morgan fingerprint density at radius 2 is 1.82 bits per heavy atom. The van der Waals surface area contributed by atoms with Gasteiger partial charge in [0.2, 0.25) is 6.49 Å². The smallest absolute Gasteiger partial charge is 0.412 e. The predicted molar refractivity (Wildman–Crippen MR) is 126 cm³/mol. The molecule has 0 aliphatic rings. The van der Waals surface area contributed by atoms with Crippen molar-refractivity contribution in [2.45, 2.75) is 26.9 Å². The van der Waals surface area contributed by atoms with Crippen molar-refractivity contribution in [3.63, 3.8) is 0 Å². The van der Waals surface area contributed by atoms with E-state index < -0.39 is 24.9 Å². The molecule has 0 bridgehead atoms. The highest BCUT2D eigenvalue weighted by molar-refractivity contribution is 8.09. The van der Waals surface area contributed by atoms with Gasteiger partial charge in [0.25, 0.3) is 0 Å². The molecule has 0 N–H and O–H groups in total. The predicted octanol–water partition coefficient (Wildman–Crippen LogP) is 6.84. The summed E-state index contributed by atoms with van der Waals surface area (Å²) in [5, 5.41) is 0.251. The molecule has 3 rings (SSSR count). The number of halogens is 4. The Morgan fingerprint density at radius 3 is 2.42 bits per heavy atom. The first kappa shape index (κ1) is 25.4. The van der Waals surface area contributed by atoms with Gasteiger partial charge in [0, 0.05) is 29.0 Å². The molecule has 3 aromatic rings. The third kappa shape index (κ3) is 5.84. The number of hydrogen-bond acceptors (Lipinski definition) is 6. The number of pyridine rings is 1. The van der Waals surface area contributed by atoms with E-state index in [0.717, 1.165) is 5.56 Å². The lowest BCUT2D eigenvalue weighted by Crippen LogP contribution is -2.17. The maximum atomic E-state index is 13.2. The zero-order valence-corrected chi connectivity index (χ0v) is 20.6. The van der Waals surface area contributed by atoms with E-state index in [1.54, 1.807) is 44.2 Å². The quantitative estimate of drug-likeness (QED) is 0.333. The Balaban J connectivity index is 2.28. The molecule has 1 unspecified atom stereocenters. The van der Waals surface area contributed by atoms with Gasteiger partial charge in [0.05, 0.1) is 0 Å². The summed E-state index contributed by atoms with van der Waals surface area (Å²) in [7, 11) is 0. The van der Waals surface area contributed by atoms with Gasteiger partial charge in [-0.2, -0.15) is 13.2 Å². The fourth-order valence-corrected chi connectivity index (χ4v) is 4.82. The number of rotatable bonds is 6. The summed E-state index contributed by atoms with van der Waals surface area (Å²) in [5.74, 6) is 0.0575. The molecule has 1 atom stereocenters. The summed E-state index contributed by atoms with van der Waals surface area (Å²) < 4.78 is 54.6. The Morgan fingerprint density at radius 1 is 1.12 bits per heavy atom. The lowest BCUT2D eigenvalue weighted by atomic mass is 9.96. The van der Waals surface area contributed by atoms with Crippen LogP contribution < -0.4 is 10.1 Å². The van der Waals surface area contributed by atoms with Crippen LogP contribution in [0.1, 0.15) is 16.7 Å². The highest BCUT2D eigenvalue weighted by Gasteiger charge is 2.33. The van der Waals surface area contributed by atoms with Gasteiger partial charge >= 0.3 is 11.8 Å². The summed E-state index contributed by atoms with van der Waals surface area (Å²) in [6.07, 6.45) is -3.08. The van der Waals surface area contributed by atoms with Gasteiger partial charge in [-0.25, -0.2) is 4.79 Å². The van der Waals surface area contributed by atoms with Crippen molar-refractivity contribution in [3.8, 4) is 28.3 Å². The van der Waals surface area contributed by atoms with E-state index in [0.29, 0.717) is 22.4 Å². The molecule has 176 valence electrons. The van der Waals surface area contributed by atoms with Crippen molar-refractivity contribution in [2.24, 2.45) is 0 Å². The van der Waals surface area contributed by atoms with Gasteiger partial charge < -0.3 is 13.5 Å². The zero-order valence-electron chi connectivity index (χ0n) is 18.1. The lowest BCUT2D eigenvalue weighted by Gasteiger charge is -2.24. The largest absolute Gasteiger partial charge is 0.442 e. The first-order valence-electron chi connectivity index (χ1n) is 9.64. The molecule has 5 nitrogen and oxygen atoms in total. The Labute approximate surface area is 198 Å². The highest BCUT2D eigenvalue weighted by atomic mass is 35.5. The Hall–Kier alpha value is -2.19. The van der Waals surface area contributed by atoms with Crippen molar-refractivity contribution in [2.75, 3.05) is 13.3 Å². The van der Waals surface area contributed by atoms with Crippen molar-refractivity contribution in [1.29, 1.82) is 0 Å². The summed E-state index contributed by atoms with van der Waals surface area (Å²) in [5.41, 5.74) is 1.72. The third-order valence-electron chi connectivity index (χ3n) is 4.86. The van der Waals surface area contributed by atoms with Crippen LogP contribution in [-0.2, 0) is 16.3 Å². The van der Waals surface area contributed by atoms with Crippen molar-refractivity contribution in [3.05, 3.63) is 68.7 Å². The number of aromatic nitrogens is 1. The molecule has 2 heterocycles. The van der Waals surface area contributed by atoms with Gasteiger partial charge in [-0.05, 0) is 61.9 Å². The van der Waals surface area contributed by atoms with Crippen LogP contribution in [0.4, 0.5) is 13.2 Å². The first-order valence-corrected chi connectivity index (χ1v) is 13.1. The fourth-order valence-electron chi connectivity index (χ4n) is 3.15. The molecule has 0 spiro atoms. The topological polar surface area (TPSA) is 61.6 Å². The maximum absolute atomic E-state index is 13.2. The van der Waals surface area contributed by atoms with Gasteiger partial charge in [-0.3, -0.25) is 4.98 Å². The number of aryl methyl sites for hydroxylation is 1. The average molecular weight is 518 g/mol. The van der Waals surface area contributed by atoms with Crippen LogP contribution in [0.15, 0.2) is 45.7 Å². The van der Waals surface area contributed by atoms with E-state index in [-0.39, 0.29) is 22.1 Å². The number of benzene rings is 1. The summed E-state index contributed by atoms with van der Waals surface area (Å²) in [4.78, 5) is 17.4. The second-order valence-electron chi connectivity index (χ2n) is 7.38. The zero-order chi connectivity index (χ0) is 24.6.